The number of hydrogen-bond acceptors (Lipinski definition) is 1. The number of rotatable bonds is 6. The van der Waals surface area contributed by atoms with E-state index >= 15 is 0 Å². The van der Waals surface area contributed by atoms with Gasteiger partial charge in [0.05, 0.1) is 6.10 Å². The highest BCUT2D eigenvalue weighted by atomic mass is 16.3. The Hall–Kier alpha value is -0.300. The molecule has 0 aliphatic heterocycles. The Kier molecular flexibility index (Phi) is 6.24. The minimum absolute atomic E-state index is 0.258. The molecule has 1 heteroatoms. The molecule has 0 heterocycles. The van der Waals surface area contributed by atoms with Gasteiger partial charge in [-0.15, -0.1) is 0 Å². The van der Waals surface area contributed by atoms with Crippen molar-refractivity contribution >= 4 is 0 Å². The predicted octanol–water partition coefficient (Wildman–Crippen LogP) is 2.89. The topological polar surface area (TPSA) is 20.2 Å². The molecule has 0 saturated heterocycles. The standard InChI is InChI=1S/C10H20O/c1-4-6-8-9(3)10(11)7-5-2/h10-11H,3-8H2,1-2H3/t10-/m1/s1. The molecule has 0 radical (unpaired) electrons. The fourth-order valence-electron chi connectivity index (χ4n) is 1.05. The number of aliphatic hydroxyl groups excluding tert-OH is 1. The van der Waals surface area contributed by atoms with E-state index in [0.717, 1.165) is 31.3 Å². The zero-order chi connectivity index (χ0) is 8.69. The van der Waals surface area contributed by atoms with E-state index in [1.165, 1.54) is 6.42 Å². The van der Waals surface area contributed by atoms with Crippen molar-refractivity contribution in [2.24, 2.45) is 0 Å². The van der Waals surface area contributed by atoms with Crippen molar-refractivity contribution in [3.63, 3.8) is 0 Å². The van der Waals surface area contributed by atoms with Crippen LogP contribution < -0.4 is 0 Å². The van der Waals surface area contributed by atoms with Crippen LogP contribution >= 0.6 is 0 Å². The predicted molar refractivity (Wildman–Crippen MR) is 49.6 cm³/mol. The van der Waals surface area contributed by atoms with Crippen LogP contribution in [0.1, 0.15) is 46.0 Å². The third-order valence-corrected chi connectivity index (χ3v) is 1.88. The summed E-state index contributed by atoms with van der Waals surface area (Å²) in [5.41, 5.74) is 1.01. The first-order valence-electron chi connectivity index (χ1n) is 4.58. The van der Waals surface area contributed by atoms with Gasteiger partial charge in [-0.05, 0) is 24.8 Å². The van der Waals surface area contributed by atoms with E-state index in [4.69, 9.17) is 0 Å². The van der Waals surface area contributed by atoms with E-state index in [-0.39, 0.29) is 6.10 Å². The molecule has 0 spiro atoms. The summed E-state index contributed by atoms with van der Waals surface area (Å²) in [5.74, 6) is 0. The second-order valence-corrected chi connectivity index (χ2v) is 3.07. The summed E-state index contributed by atoms with van der Waals surface area (Å²) in [4.78, 5) is 0. The van der Waals surface area contributed by atoms with E-state index in [1.807, 2.05) is 0 Å². The molecule has 1 N–H and O–H groups in total. The van der Waals surface area contributed by atoms with E-state index < -0.39 is 0 Å². The monoisotopic (exact) mass is 156 g/mol. The van der Waals surface area contributed by atoms with E-state index in [2.05, 4.69) is 20.4 Å². The van der Waals surface area contributed by atoms with Crippen molar-refractivity contribution in [3.05, 3.63) is 12.2 Å². The van der Waals surface area contributed by atoms with Crippen LogP contribution in [0.15, 0.2) is 12.2 Å². The van der Waals surface area contributed by atoms with Gasteiger partial charge in [0.2, 0.25) is 0 Å². The molecule has 0 aliphatic rings. The van der Waals surface area contributed by atoms with Gasteiger partial charge < -0.3 is 5.11 Å². The lowest BCUT2D eigenvalue weighted by Gasteiger charge is -2.11. The molecule has 0 aromatic rings. The van der Waals surface area contributed by atoms with E-state index in [0.29, 0.717) is 0 Å². The fourth-order valence-corrected chi connectivity index (χ4v) is 1.05. The van der Waals surface area contributed by atoms with Gasteiger partial charge in [0.1, 0.15) is 0 Å². The maximum Gasteiger partial charge on any atom is 0.0747 e. The second kappa shape index (κ2) is 6.41. The van der Waals surface area contributed by atoms with Crippen LogP contribution in [0.25, 0.3) is 0 Å². The average Bonchev–Trinajstić information content (AvgIpc) is 2.00. The van der Waals surface area contributed by atoms with E-state index in [1.54, 1.807) is 0 Å². The Balaban J connectivity index is 3.47. The highest BCUT2D eigenvalue weighted by molar-refractivity contribution is 5.00. The molecular weight excluding hydrogens is 136 g/mol. The lowest BCUT2D eigenvalue weighted by molar-refractivity contribution is 0.195. The molecule has 1 atom stereocenters. The Bertz CT molecular complexity index is 107. The Morgan fingerprint density at radius 2 is 2.00 bits per heavy atom. The first kappa shape index (κ1) is 10.7. The summed E-state index contributed by atoms with van der Waals surface area (Å²) in [6.45, 7) is 8.09. The van der Waals surface area contributed by atoms with Crippen LogP contribution in [0.4, 0.5) is 0 Å². The van der Waals surface area contributed by atoms with Crippen molar-refractivity contribution in [2.75, 3.05) is 0 Å². The zero-order valence-corrected chi connectivity index (χ0v) is 7.77. The normalized spacial score (nSPS) is 13.0. The Labute approximate surface area is 70.1 Å². The van der Waals surface area contributed by atoms with Crippen LogP contribution in [-0.4, -0.2) is 11.2 Å². The summed E-state index contributed by atoms with van der Waals surface area (Å²) in [7, 11) is 0. The van der Waals surface area contributed by atoms with Crippen LogP contribution in [0.2, 0.25) is 0 Å². The van der Waals surface area contributed by atoms with E-state index in [9.17, 15) is 5.11 Å². The van der Waals surface area contributed by atoms with Gasteiger partial charge in [-0.3, -0.25) is 0 Å². The minimum atomic E-state index is -0.258. The number of unbranched alkanes of at least 4 members (excludes halogenated alkanes) is 1. The van der Waals surface area contributed by atoms with Gasteiger partial charge in [0, 0.05) is 0 Å². The maximum atomic E-state index is 9.44. The molecule has 0 aromatic heterocycles. The molecule has 1 nitrogen and oxygen atoms in total. The first-order valence-corrected chi connectivity index (χ1v) is 4.58. The first-order chi connectivity index (χ1) is 5.22. The smallest absolute Gasteiger partial charge is 0.0747 e. The van der Waals surface area contributed by atoms with Crippen LogP contribution in [-0.2, 0) is 0 Å². The largest absolute Gasteiger partial charge is 0.389 e. The molecular formula is C10H20O. The van der Waals surface area contributed by atoms with Gasteiger partial charge in [0.15, 0.2) is 0 Å². The molecule has 0 bridgehead atoms. The maximum absolute atomic E-state index is 9.44. The lowest BCUT2D eigenvalue weighted by atomic mass is 10.0. The fraction of sp³-hybridized carbons (Fsp3) is 0.800. The van der Waals surface area contributed by atoms with Crippen LogP contribution in [0.5, 0.6) is 0 Å². The van der Waals surface area contributed by atoms with Gasteiger partial charge >= 0.3 is 0 Å². The summed E-state index contributed by atoms with van der Waals surface area (Å²) in [5, 5.41) is 9.44. The number of aliphatic hydroxyl groups is 1. The molecule has 0 aromatic carbocycles. The van der Waals surface area contributed by atoms with Crippen molar-refractivity contribution < 1.29 is 5.11 Å². The third-order valence-electron chi connectivity index (χ3n) is 1.88. The molecule has 0 unspecified atom stereocenters. The van der Waals surface area contributed by atoms with Crippen LogP contribution in [0.3, 0.4) is 0 Å². The zero-order valence-electron chi connectivity index (χ0n) is 7.77. The van der Waals surface area contributed by atoms with Crippen molar-refractivity contribution in [1.29, 1.82) is 0 Å². The Morgan fingerprint density at radius 3 is 2.45 bits per heavy atom. The summed E-state index contributed by atoms with van der Waals surface area (Å²) < 4.78 is 0. The molecule has 0 amide bonds. The highest BCUT2D eigenvalue weighted by Gasteiger charge is 2.05. The molecule has 0 rings (SSSR count). The second-order valence-electron chi connectivity index (χ2n) is 3.07. The van der Waals surface area contributed by atoms with Gasteiger partial charge in [-0.2, -0.15) is 0 Å². The lowest BCUT2D eigenvalue weighted by Crippen LogP contribution is -2.08. The van der Waals surface area contributed by atoms with Crippen molar-refractivity contribution in [2.45, 2.75) is 52.1 Å². The van der Waals surface area contributed by atoms with Crippen molar-refractivity contribution in [1.82, 2.24) is 0 Å². The molecule has 66 valence electrons. The molecule has 0 aliphatic carbocycles. The van der Waals surface area contributed by atoms with Crippen molar-refractivity contribution in [3.8, 4) is 0 Å². The molecule has 0 fully saturated rings. The number of hydrogen-bond donors (Lipinski definition) is 1. The summed E-state index contributed by atoms with van der Waals surface area (Å²) in [6, 6.07) is 0. The van der Waals surface area contributed by atoms with Crippen LogP contribution in [0, 0.1) is 0 Å². The summed E-state index contributed by atoms with van der Waals surface area (Å²) in [6.07, 6.45) is 4.95. The third kappa shape index (κ3) is 5.02. The SMILES string of the molecule is C=C(CCCC)[C@H](O)CCC. The highest BCUT2D eigenvalue weighted by Crippen LogP contribution is 2.13. The van der Waals surface area contributed by atoms with Gasteiger partial charge in [-0.1, -0.05) is 33.3 Å². The quantitative estimate of drug-likeness (QED) is 0.586. The molecule has 0 saturated carbocycles. The minimum Gasteiger partial charge on any atom is -0.389 e. The van der Waals surface area contributed by atoms with Gasteiger partial charge in [0.25, 0.3) is 0 Å². The molecule has 11 heavy (non-hydrogen) atoms. The average molecular weight is 156 g/mol. The summed E-state index contributed by atoms with van der Waals surface area (Å²) >= 11 is 0. The Morgan fingerprint density at radius 1 is 1.36 bits per heavy atom. The van der Waals surface area contributed by atoms with Gasteiger partial charge in [-0.25, -0.2) is 0 Å².